The van der Waals surface area contributed by atoms with Crippen molar-refractivity contribution in [1.29, 1.82) is 0 Å². The van der Waals surface area contributed by atoms with Crippen molar-refractivity contribution >= 4 is 44.4 Å². The normalized spacial score (nSPS) is 12.7. The average molecular weight is 685 g/mol. The van der Waals surface area contributed by atoms with Gasteiger partial charge in [0.25, 0.3) is 0 Å². The fraction of sp³-hybridized carbons (Fsp3) is 0.0800. The highest BCUT2D eigenvalue weighted by Crippen LogP contribution is 2.61. The summed E-state index contributed by atoms with van der Waals surface area (Å²) in [5.41, 5.74) is 16.1. The van der Waals surface area contributed by atoms with Crippen molar-refractivity contribution in [3.05, 3.63) is 175 Å². The van der Waals surface area contributed by atoms with Crippen molar-refractivity contribution < 1.29 is 4.74 Å². The first-order valence-electron chi connectivity index (χ1n) is 18.6. The molecule has 7 aromatic carbocycles. The highest BCUT2D eigenvalue weighted by molar-refractivity contribution is 6.24. The zero-order valence-corrected chi connectivity index (χ0v) is 30.5. The van der Waals surface area contributed by atoms with Gasteiger partial charge in [0.05, 0.1) is 28.1 Å². The molecular formula is C50H40N2O. The second kappa shape index (κ2) is 13.2. The van der Waals surface area contributed by atoms with Gasteiger partial charge in [-0.05, 0) is 101 Å². The van der Waals surface area contributed by atoms with E-state index in [2.05, 4.69) is 193 Å². The SMILES string of the molecule is C/C=C\C(=C/C)c1ccc2c(c1)N1c3ccc(-c4ccccc4)cc3-n3c4ccc(-c5ccccc5)cc4c4c(-c5ccccc5)cc(c1c43)O2.CC. The molecule has 0 radical (unpaired) electrons. The zero-order chi connectivity index (χ0) is 36.1. The highest BCUT2D eigenvalue weighted by Gasteiger charge is 2.37. The van der Waals surface area contributed by atoms with Gasteiger partial charge in [0.2, 0.25) is 0 Å². The molecule has 0 saturated heterocycles. The van der Waals surface area contributed by atoms with Crippen LogP contribution in [0.1, 0.15) is 33.3 Å². The van der Waals surface area contributed by atoms with Gasteiger partial charge in [-0.25, -0.2) is 0 Å². The van der Waals surface area contributed by atoms with Crippen LogP contribution in [0.15, 0.2) is 170 Å². The molecule has 0 bridgehead atoms. The van der Waals surface area contributed by atoms with Gasteiger partial charge in [-0.1, -0.05) is 141 Å². The maximum Gasteiger partial charge on any atom is 0.154 e. The van der Waals surface area contributed by atoms with Crippen molar-refractivity contribution in [3.63, 3.8) is 0 Å². The minimum Gasteiger partial charge on any atom is -0.453 e. The minimum absolute atomic E-state index is 0.842. The van der Waals surface area contributed by atoms with E-state index in [1.165, 1.54) is 44.1 Å². The summed E-state index contributed by atoms with van der Waals surface area (Å²) in [6.45, 7) is 8.16. The number of anilines is 3. The van der Waals surface area contributed by atoms with Crippen LogP contribution in [0.4, 0.5) is 17.1 Å². The highest BCUT2D eigenvalue weighted by atomic mass is 16.5. The Morgan fingerprint density at radius 3 is 1.85 bits per heavy atom. The molecule has 3 heterocycles. The second-order valence-electron chi connectivity index (χ2n) is 13.2. The number of nitrogens with zero attached hydrogens (tertiary/aromatic N) is 2. The van der Waals surface area contributed by atoms with Gasteiger partial charge >= 0.3 is 0 Å². The van der Waals surface area contributed by atoms with Crippen LogP contribution in [0.25, 0.3) is 66.4 Å². The van der Waals surface area contributed by atoms with E-state index in [4.69, 9.17) is 4.74 Å². The van der Waals surface area contributed by atoms with E-state index in [0.717, 1.165) is 56.5 Å². The maximum absolute atomic E-state index is 6.94. The zero-order valence-electron chi connectivity index (χ0n) is 30.5. The third-order valence-corrected chi connectivity index (χ3v) is 10.4. The number of rotatable bonds is 5. The quantitative estimate of drug-likeness (QED) is 0.168. The molecule has 0 atom stereocenters. The Morgan fingerprint density at radius 2 is 1.19 bits per heavy atom. The molecule has 53 heavy (non-hydrogen) atoms. The first kappa shape index (κ1) is 32.3. The van der Waals surface area contributed by atoms with E-state index in [0.29, 0.717) is 0 Å². The molecular weight excluding hydrogens is 645 g/mol. The number of benzene rings is 7. The second-order valence-corrected chi connectivity index (χ2v) is 13.2. The molecule has 8 aromatic rings. The summed E-state index contributed by atoms with van der Waals surface area (Å²) in [4.78, 5) is 2.44. The fourth-order valence-corrected chi connectivity index (χ4v) is 8.06. The number of aromatic nitrogens is 1. The molecule has 0 unspecified atom stereocenters. The van der Waals surface area contributed by atoms with Crippen molar-refractivity contribution in [2.45, 2.75) is 27.7 Å². The standard InChI is InChI=1S/C48H34N2O.C2H6/c1-3-14-31(4-2)36-23-26-44-43(29-36)50-41-25-22-37(33-17-10-6-11-18-33)28-42(41)49-40-24-21-35(32-15-8-5-9-16-32)27-39(40)46-38(34-19-12-7-13-20-34)30-45(51-44)47(50)48(46)49;1-2/h3-30H,1-2H3;1-2H3/b14-3-,31-4+;. The monoisotopic (exact) mass is 684 g/mol. The van der Waals surface area contributed by atoms with Gasteiger partial charge in [0, 0.05) is 10.8 Å². The predicted molar refractivity (Wildman–Crippen MR) is 225 cm³/mol. The molecule has 3 nitrogen and oxygen atoms in total. The van der Waals surface area contributed by atoms with E-state index in [9.17, 15) is 0 Å². The Bertz CT molecular complexity index is 2720. The first-order valence-corrected chi connectivity index (χ1v) is 18.6. The van der Waals surface area contributed by atoms with Gasteiger partial charge in [-0.2, -0.15) is 0 Å². The summed E-state index contributed by atoms with van der Waals surface area (Å²) in [6.07, 6.45) is 6.43. The summed E-state index contributed by atoms with van der Waals surface area (Å²) in [6, 6.07) is 54.8. The molecule has 2 aliphatic rings. The minimum atomic E-state index is 0.842. The first-order chi connectivity index (χ1) is 26.2. The van der Waals surface area contributed by atoms with Crippen LogP contribution in [-0.4, -0.2) is 4.57 Å². The van der Waals surface area contributed by atoms with Crippen LogP contribution in [0.2, 0.25) is 0 Å². The lowest BCUT2D eigenvalue weighted by molar-refractivity contribution is 0.477. The van der Waals surface area contributed by atoms with Crippen LogP contribution < -0.4 is 9.64 Å². The Labute approximate surface area is 311 Å². The lowest BCUT2D eigenvalue weighted by Gasteiger charge is -2.38. The lowest BCUT2D eigenvalue weighted by atomic mass is 9.94. The van der Waals surface area contributed by atoms with Crippen LogP contribution in [0.5, 0.6) is 11.5 Å². The predicted octanol–water partition coefficient (Wildman–Crippen LogP) is 14.7. The number of hydrogen-bond donors (Lipinski definition) is 0. The summed E-state index contributed by atoms with van der Waals surface area (Å²) in [7, 11) is 0. The van der Waals surface area contributed by atoms with Crippen molar-refractivity contribution in [1.82, 2.24) is 4.57 Å². The maximum atomic E-state index is 6.94. The number of ether oxygens (including phenoxy) is 1. The Hall–Kier alpha value is -6.58. The molecule has 0 spiro atoms. The lowest BCUT2D eigenvalue weighted by Crippen LogP contribution is -2.22. The van der Waals surface area contributed by atoms with Crippen molar-refractivity contribution in [2.75, 3.05) is 4.90 Å². The Morgan fingerprint density at radius 1 is 0.547 bits per heavy atom. The number of fused-ring (bicyclic) bond motifs is 8. The van der Waals surface area contributed by atoms with E-state index in [-0.39, 0.29) is 0 Å². The van der Waals surface area contributed by atoms with Gasteiger partial charge < -0.3 is 9.30 Å². The summed E-state index contributed by atoms with van der Waals surface area (Å²) < 4.78 is 9.42. The van der Waals surface area contributed by atoms with Gasteiger partial charge in [-0.3, -0.25) is 4.90 Å². The van der Waals surface area contributed by atoms with Gasteiger partial charge in [-0.15, -0.1) is 0 Å². The van der Waals surface area contributed by atoms with Crippen LogP contribution in [0, 0.1) is 0 Å². The van der Waals surface area contributed by atoms with E-state index < -0.39 is 0 Å². The number of hydrogen-bond acceptors (Lipinski definition) is 2. The molecule has 10 rings (SSSR count). The molecule has 256 valence electrons. The van der Waals surface area contributed by atoms with Crippen molar-refractivity contribution in [3.8, 4) is 50.6 Å². The summed E-state index contributed by atoms with van der Waals surface area (Å²) in [5, 5.41) is 2.44. The molecule has 2 aliphatic heterocycles. The largest absolute Gasteiger partial charge is 0.453 e. The van der Waals surface area contributed by atoms with E-state index in [1.807, 2.05) is 13.8 Å². The fourth-order valence-electron chi connectivity index (χ4n) is 8.06. The van der Waals surface area contributed by atoms with E-state index >= 15 is 0 Å². The molecule has 0 aliphatic carbocycles. The number of allylic oxidation sites excluding steroid dienone is 4. The third kappa shape index (κ3) is 5.11. The molecule has 0 saturated carbocycles. The van der Waals surface area contributed by atoms with Gasteiger partial charge in [0.15, 0.2) is 11.5 Å². The van der Waals surface area contributed by atoms with Crippen LogP contribution in [0.3, 0.4) is 0 Å². The van der Waals surface area contributed by atoms with Crippen LogP contribution in [-0.2, 0) is 0 Å². The average Bonchev–Trinajstić information content (AvgIpc) is 3.58. The molecule has 1 aromatic heterocycles. The summed E-state index contributed by atoms with van der Waals surface area (Å²) >= 11 is 0. The molecule has 0 amide bonds. The summed E-state index contributed by atoms with van der Waals surface area (Å²) in [5.74, 6) is 1.70. The van der Waals surface area contributed by atoms with Crippen LogP contribution >= 0.6 is 0 Å². The van der Waals surface area contributed by atoms with E-state index in [1.54, 1.807) is 0 Å². The Balaban J connectivity index is 0.00000183. The van der Waals surface area contributed by atoms with Gasteiger partial charge in [0.1, 0.15) is 5.69 Å². The molecule has 0 fully saturated rings. The smallest absolute Gasteiger partial charge is 0.154 e. The van der Waals surface area contributed by atoms with Crippen molar-refractivity contribution in [2.24, 2.45) is 0 Å². The topological polar surface area (TPSA) is 17.4 Å². The Kier molecular flexibility index (Phi) is 8.05. The molecule has 0 N–H and O–H groups in total. The molecule has 3 heteroatoms. The third-order valence-electron chi connectivity index (χ3n) is 10.4.